The molecular weight excluding hydrogens is 280 g/mol. The van der Waals surface area contributed by atoms with Gasteiger partial charge in [-0.2, -0.15) is 0 Å². The number of carbonyl (C=O) groups is 1. The van der Waals surface area contributed by atoms with Crippen molar-refractivity contribution >= 4 is 19.9 Å². The van der Waals surface area contributed by atoms with E-state index in [0.717, 1.165) is 16.9 Å². The van der Waals surface area contributed by atoms with Crippen LogP contribution in [-0.4, -0.2) is 19.4 Å². The smallest absolute Gasteiger partial charge is 0.328 e. The molecule has 21 heavy (non-hydrogen) atoms. The number of aliphatic carboxylic acids is 1. The average molecular weight is 306 g/mol. The Morgan fingerprint density at radius 3 is 2.43 bits per heavy atom. The standard InChI is InChI=1S/C17H26O3Si/c1-7-13(12-16(18)19)14-9-8-10-15(11-14)20-21(5,6)17(2,3)4/h8-12H,7H2,1-6H3,(H,18,19). The molecule has 0 atom stereocenters. The Morgan fingerprint density at radius 2 is 1.95 bits per heavy atom. The lowest BCUT2D eigenvalue weighted by Crippen LogP contribution is -2.43. The number of allylic oxidation sites excluding steroid dienone is 1. The third kappa shape index (κ3) is 4.74. The van der Waals surface area contributed by atoms with Gasteiger partial charge in [-0.3, -0.25) is 0 Å². The first-order valence-corrected chi connectivity index (χ1v) is 10.2. The molecule has 0 aromatic heterocycles. The first-order valence-electron chi connectivity index (χ1n) is 7.30. The van der Waals surface area contributed by atoms with Crippen molar-refractivity contribution in [2.45, 2.75) is 52.2 Å². The van der Waals surface area contributed by atoms with Gasteiger partial charge in [-0.25, -0.2) is 4.79 Å². The number of benzene rings is 1. The van der Waals surface area contributed by atoms with Gasteiger partial charge >= 0.3 is 5.97 Å². The van der Waals surface area contributed by atoms with Crippen molar-refractivity contribution in [1.82, 2.24) is 0 Å². The molecule has 1 aromatic carbocycles. The maximum absolute atomic E-state index is 10.9. The molecule has 0 aliphatic carbocycles. The van der Waals surface area contributed by atoms with E-state index in [2.05, 4.69) is 33.9 Å². The largest absolute Gasteiger partial charge is 0.543 e. The van der Waals surface area contributed by atoms with Crippen LogP contribution in [0.3, 0.4) is 0 Å². The first kappa shape index (κ1) is 17.5. The van der Waals surface area contributed by atoms with E-state index >= 15 is 0 Å². The first-order chi connectivity index (χ1) is 9.56. The van der Waals surface area contributed by atoms with E-state index in [-0.39, 0.29) is 5.04 Å². The molecule has 3 nitrogen and oxygen atoms in total. The van der Waals surface area contributed by atoms with Crippen molar-refractivity contribution in [2.75, 3.05) is 0 Å². The minimum atomic E-state index is -1.88. The molecule has 0 bridgehead atoms. The highest BCUT2D eigenvalue weighted by Crippen LogP contribution is 2.37. The predicted octanol–water partition coefficient (Wildman–Crippen LogP) is 4.95. The van der Waals surface area contributed by atoms with Gasteiger partial charge in [-0.05, 0) is 47.8 Å². The van der Waals surface area contributed by atoms with Crippen molar-refractivity contribution in [3.05, 3.63) is 35.9 Å². The van der Waals surface area contributed by atoms with Crippen molar-refractivity contribution < 1.29 is 14.3 Å². The molecule has 0 unspecified atom stereocenters. The van der Waals surface area contributed by atoms with E-state index in [9.17, 15) is 4.79 Å². The highest BCUT2D eigenvalue weighted by atomic mass is 28.4. The van der Waals surface area contributed by atoms with Crippen molar-refractivity contribution in [3.63, 3.8) is 0 Å². The fourth-order valence-corrected chi connectivity index (χ4v) is 2.77. The fourth-order valence-electron chi connectivity index (χ4n) is 1.75. The summed E-state index contributed by atoms with van der Waals surface area (Å²) in [4.78, 5) is 10.9. The second kappa shape index (κ2) is 6.48. The number of hydrogen-bond acceptors (Lipinski definition) is 2. The maximum Gasteiger partial charge on any atom is 0.328 e. The molecule has 0 aliphatic heterocycles. The Hall–Kier alpha value is -1.55. The zero-order valence-corrected chi connectivity index (χ0v) is 14.9. The Bertz CT molecular complexity index is 539. The van der Waals surface area contributed by atoms with Crippen LogP contribution in [0, 0.1) is 0 Å². The van der Waals surface area contributed by atoms with Crippen LogP contribution in [-0.2, 0) is 4.79 Å². The SMILES string of the molecule is CCC(=CC(=O)O)c1cccc(O[Si](C)(C)C(C)(C)C)c1. The van der Waals surface area contributed by atoms with Crippen LogP contribution in [0.1, 0.15) is 39.7 Å². The summed E-state index contributed by atoms with van der Waals surface area (Å²) < 4.78 is 6.27. The minimum Gasteiger partial charge on any atom is -0.543 e. The Kier molecular flexibility index (Phi) is 5.40. The van der Waals surface area contributed by atoms with Crippen LogP contribution in [0.25, 0.3) is 5.57 Å². The fraction of sp³-hybridized carbons (Fsp3) is 0.471. The molecule has 0 radical (unpaired) electrons. The lowest BCUT2D eigenvalue weighted by atomic mass is 10.0. The molecular formula is C17H26O3Si. The molecule has 0 heterocycles. The van der Waals surface area contributed by atoms with Crippen LogP contribution in [0.15, 0.2) is 30.3 Å². The summed E-state index contributed by atoms with van der Waals surface area (Å²) >= 11 is 0. The molecule has 1 rings (SSSR count). The summed E-state index contributed by atoms with van der Waals surface area (Å²) in [5.74, 6) is -0.0913. The summed E-state index contributed by atoms with van der Waals surface area (Å²) in [6, 6.07) is 7.73. The van der Waals surface area contributed by atoms with Gasteiger partial charge in [0.05, 0.1) is 0 Å². The van der Waals surface area contributed by atoms with E-state index in [1.54, 1.807) is 0 Å². The van der Waals surface area contributed by atoms with Gasteiger partial charge in [0.1, 0.15) is 5.75 Å². The normalized spacial score (nSPS) is 13.1. The van der Waals surface area contributed by atoms with Gasteiger partial charge in [0, 0.05) is 6.08 Å². The van der Waals surface area contributed by atoms with Crippen molar-refractivity contribution in [3.8, 4) is 5.75 Å². The Morgan fingerprint density at radius 1 is 1.33 bits per heavy atom. The van der Waals surface area contributed by atoms with Crippen LogP contribution >= 0.6 is 0 Å². The van der Waals surface area contributed by atoms with Gasteiger partial charge in [0.2, 0.25) is 8.32 Å². The molecule has 0 amide bonds. The van der Waals surface area contributed by atoms with Gasteiger partial charge < -0.3 is 9.53 Å². The zero-order valence-electron chi connectivity index (χ0n) is 13.9. The lowest BCUT2D eigenvalue weighted by molar-refractivity contribution is -0.131. The summed E-state index contributed by atoms with van der Waals surface area (Å²) in [5.41, 5.74) is 1.72. The Balaban J connectivity index is 3.09. The van der Waals surface area contributed by atoms with Crippen LogP contribution in [0.4, 0.5) is 0 Å². The van der Waals surface area contributed by atoms with E-state index in [1.165, 1.54) is 6.08 Å². The summed E-state index contributed by atoms with van der Waals surface area (Å²) in [7, 11) is -1.88. The van der Waals surface area contributed by atoms with E-state index in [1.807, 2.05) is 31.2 Å². The monoisotopic (exact) mass is 306 g/mol. The van der Waals surface area contributed by atoms with Crippen molar-refractivity contribution in [1.29, 1.82) is 0 Å². The van der Waals surface area contributed by atoms with Gasteiger partial charge in [-0.15, -0.1) is 0 Å². The molecule has 0 spiro atoms. The number of carboxylic acids is 1. The van der Waals surface area contributed by atoms with Crippen LogP contribution < -0.4 is 4.43 Å². The van der Waals surface area contributed by atoms with Crippen LogP contribution in [0.5, 0.6) is 5.75 Å². The second-order valence-electron chi connectivity index (χ2n) is 6.75. The molecule has 0 aliphatic rings. The molecule has 116 valence electrons. The van der Waals surface area contributed by atoms with E-state index in [4.69, 9.17) is 9.53 Å². The third-order valence-electron chi connectivity index (χ3n) is 4.06. The summed E-state index contributed by atoms with van der Waals surface area (Å²) in [5, 5.41) is 9.07. The lowest BCUT2D eigenvalue weighted by Gasteiger charge is -2.36. The van der Waals surface area contributed by atoms with E-state index < -0.39 is 14.3 Å². The predicted molar refractivity (Wildman–Crippen MR) is 90.2 cm³/mol. The molecule has 0 saturated heterocycles. The van der Waals surface area contributed by atoms with Crippen molar-refractivity contribution in [2.24, 2.45) is 0 Å². The zero-order chi connectivity index (χ0) is 16.3. The molecule has 1 N–H and O–H groups in total. The molecule has 1 aromatic rings. The quantitative estimate of drug-likeness (QED) is 0.618. The highest BCUT2D eigenvalue weighted by Gasteiger charge is 2.38. The minimum absolute atomic E-state index is 0.132. The highest BCUT2D eigenvalue weighted by molar-refractivity contribution is 6.74. The summed E-state index contributed by atoms with van der Waals surface area (Å²) in [6.45, 7) is 13.0. The maximum atomic E-state index is 10.9. The average Bonchev–Trinajstić information content (AvgIpc) is 2.34. The number of rotatable bonds is 5. The summed E-state index contributed by atoms with van der Waals surface area (Å²) in [6.07, 6.45) is 1.95. The van der Waals surface area contributed by atoms with Gasteiger partial charge in [0.15, 0.2) is 0 Å². The third-order valence-corrected chi connectivity index (χ3v) is 8.42. The van der Waals surface area contributed by atoms with E-state index in [0.29, 0.717) is 6.42 Å². The molecule has 0 fully saturated rings. The number of hydrogen-bond donors (Lipinski definition) is 1. The Labute approximate surface area is 128 Å². The second-order valence-corrected chi connectivity index (χ2v) is 11.5. The van der Waals surface area contributed by atoms with Gasteiger partial charge in [0.25, 0.3) is 0 Å². The number of carboxylic acid groups (broad SMARTS) is 1. The van der Waals surface area contributed by atoms with Crippen LogP contribution in [0.2, 0.25) is 18.1 Å². The van der Waals surface area contributed by atoms with Gasteiger partial charge in [-0.1, -0.05) is 39.8 Å². The molecule has 4 heteroatoms. The topological polar surface area (TPSA) is 46.5 Å². The molecule has 0 saturated carbocycles.